The van der Waals surface area contributed by atoms with Gasteiger partial charge in [-0.05, 0) is 5.41 Å². The second kappa shape index (κ2) is 2.35. The topological polar surface area (TPSA) is 26.3 Å². The Balaban J connectivity index is 2.31. The van der Waals surface area contributed by atoms with Crippen molar-refractivity contribution >= 4 is 5.78 Å². The first-order valence-corrected chi connectivity index (χ1v) is 4.46. The van der Waals surface area contributed by atoms with Gasteiger partial charge >= 0.3 is 0 Å². The second-order valence-corrected chi connectivity index (χ2v) is 4.44. The number of carbonyl (C=O) groups is 1. The van der Waals surface area contributed by atoms with Gasteiger partial charge in [0.15, 0.2) is 5.78 Å². The van der Waals surface area contributed by atoms with Crippen molar-refractivity contribution in [1.82, 2.24) is 0 Å². The van der Waals surface area contributed by atoms with Crippen molar-refractivity contribution in [3.63, 3.8) is 0 Å². The first kappa shape index (κ1) is 7.84. The van der Waals surface area contributed by atoms with Gasteiger partial charge in [0.05, 0.1) is 6.61 Å². The van der Waals surface area contributed by atoms with Crippen LogP contribution in [0.2, 0.25) is 0 Å². The van der Waals surface area contributed by atoms with Crippen LogP contribution in [0.15, 0.2) is 11.3 Å². The van der Waals surface area contributed by atoms with Gasteiger partial charge in [-0.15, -0.1) is 0 Å². The van der Waals surface area contributed by atoms with E-state index in [1.807, 2.05) is 0 Å². The van der Waals surface area contributed by atoms with Crippen LogP contribution in [-0.2, 0) is 9.53 Å². The van der Waals surface area contributed by atoms with Crippen LogP contribution in [0.5, 0.6) is 0 Å². The van der Waals surface area contributed by atoms with Gasteiger partial charge < -0.3 is 4.74 Å². The summed E-state index contributed by atoms with van der Waals surface area (Å²) in [6.45, 7) is 4.96. The smallest absolute Gasteiger partial charge is 0.162 e. The van der Waals surface area contributed by atoms with E-state index in [1.54, 1.807) is 0 Å². The molecule has 0 saturated heterocycles. The molecular formula is C10H14O2. The first-order chi connectivity index (χ1) is 5.58. The third-order valence-corrected chi connectivity index (χ3v) is 2.58. The Morgan fingerprint density at radius 3 is 2.83 bits per heavy atom. The van der Waals surface area contributed by atoms with Crippen molar-refractivity contribution < 1.29 is 9.53 Å². The Morgan fingerprint density at radius 1 is 1.33 bits per heavy atom. The molecule has 0 atom stereocenters. The minimum atomic E-state index is 0.111. The van der Waals surface area contributed by atoms with Crippen LogP contribution in [0.3, 0.4) is 0 Å². The second-order valence-electron chi connectivity index (χ2n) is 4.44. The molecule has 0 fully saturated rings. The summed E-state index contributed by atoms with van der Waals surface area (Å²) in [5.74, 6) is 1.27. The number of ketones is 1. The molecule has 0 aromatic carbocycles. The average molecular weight is 166 g/mol. The maximum atomic E-state index is 11.6. The van der Waals surface area contributed by atoms with Gasteiger partial charge in [0.1, 0.15) is 5.76 Å². The number of hydrogen-bond acceptors (Lipinski definition) is 2. The highest BCUT2D eigenvalue weighted by Gasteiger charge is 2.35. The van der Waals surface area contributed by atoms with Crippen LogP contribution in [0.4, 0.5) is 0 Å². The SMILES string of the molecule is CC1(C)CC(=O)C2=C(C1)OCC2. The van der Waals surface area contributed by atoms with Gasteiger partial charge in [-0.1, -0.05) is 13.8 Å². The Kier molecular flexibility index (Phi) is 1.53. The molecular weight excluding hydrogens is 152 g/mol. The number of Topliss-reactive ketones (excluding diaryl/α,β-unsaturated/α-hetero) is 1. The zero-order chi connectivity index (χ0) is 8.77. The lowest BCUT2D eigenvalue weighted by molar-refractivity contribution is -0.118. The fraction of sp³-hybridized carbons (Fsp3) is 0.700. The van der Waals surface area contributed by atoms with E-state index in [0.717, 1.165) is 24.2 Å². The largest absolute Gasteiger partial charge is 0.497 e. The number of hydrogen-bond donors (Lipinski definition) is 0. The highest BCUT2D eigenvalue weighted by molar-refractivity contribution is 5.97. The molecule has 0 saturated carbocycles. The lowest BCUT2D eigenvalue weighted by Crippen LogP contribution is -2.24. The maximum absolute atomic E-state index is 11.6. The fourth-order valence-corrected chi connectivity index (χ4v) is 1.99. The molecule has 0 spiro atoms. The lowest BCUT2D eigenvalue weighted by atomic mass is 9.76. The summed E-state index contributed by atoms with van der Waals surface area (Å²) in [7, 11) is 0. The van der Waals surface area contributed by atoms with Crippen LogP contribution in [-0.4, -0.2) is 12.4 Å². The van der Waals surface area contributed by atoms with Gasteiger partial charge in [0, 0.05) is 24.8 Å². The molecule has 0 aromatic rings. The third-order valence-electron chi connectivity index (χ3n) is 2.58. The predicted molar refractivity (Wildman–Crippen MR) is 45.6 cm³/mol. The highest BCUT2D eigenvalue weighted by Crippen LogP contribution is 2.40. The molecule has 0 aromatic heterocycles. The van der Waals surface area contributed by atoms with E-state index < -0.39 is 0 Å². The molecule has 0 bridgehead atoms. The van der Waals surface area contributed by atoms with Crippen molar-refractivity contribution in [2.75, 3.05) is 6.61 Å². The Bertz CT molecular complexity index is 261. The monoisotopic (exact) mass is 166 g/mol. The molecule has 1 aliphatic carbocycles. The molecule has 0 N–H and O–H groups in total. The maximum Gasteiger partial charge on any atom is 0.162 e. The molecule has 1 heterocycles. The van der Waals surface area contributed by atoms with Gasteiger partial charge in [-0.25, -0.2) is 0 Å². The van der Waals surface area contributed by atoms with E-state index in [0.29, 0.717) is 18.8 Å². The van der Waals surface area contributed by atoms with Crippen LogP contribution in [0.25, 0.3) is 0 Å². The Hall–Kier alpha value is -0.790. The van der Waals surface area contributed by atoms with E-state index in [9.17, 15) is 4.79 Å². The molecule has 2 rings (SSSR count). The Morgan fingerprint density at radius 2 is 2.08 bits per heavy atom. The molecule has 1 aliphatic heterocycles. The average Bonchev–Trinajstić information content (AvgIpc) is 2.31. The van der Waals surface area contributed by atoms with E-state index in [4.69, 9.17) is 4.74 Å². The molecule has 2 aliphatic rings. The zero-order valence-corrected chi connectivity index (χ0v) is 7.64. The first-order valence-electron chi connectivity index (χ1n) is 4.46. The van der Waals surface area contributed by atoms with Crippen LogP contribution in [0, 0.1) is 5.41 Å². The van der Waals surface area contributed by atoms with Crippen molar-refractivity contribution in [3.05, 3.63) is 11.3 Å². The van der Waals surface area contributed by atoms with Crippen molar-refractivity contribution in [2.24, 2.45) is 5.41 Å². The van der Waals surface area contributed by atoms with E-state index >= 15 is 0 Å². The molecule has 12 heavy (non-hydrogen) atoms. The summed E-state index contributed by atoms with van der Waals surface area (Å²) in [6, 6.07) is 0. The van der Waals surface area contributed by atoms with Crippen molar-refractivity contribution in [3.8, 4) is 0 Å². The summed E-state index contributed by atoms with van der Waals surface area (Å²) in [5, 5.41) is 0. The number of rotatable bonds is 0. The van der Waals surface area contributed by atoms with E-state index in [-0.39, 0.29) is 5.41 Å². The van der Waals surface area contributed by atoms with Crippen LogP contribution >= 0.6 is 0 Å². The minimum absolute atomic E-state index is 0.111. The van der Waals surface area contributed by atoms with E-state index in [1.165, 1.54) is 0 Å². The van der Waals surface area contributed by atoms with Crippen molar-refractivity contribution in [1.29, 1.82) is 0 Å². The highest BCUT2D eigenvalue weighted by atomic mass is 16.5. The fourth-order valence-electron chi connectivity index (χ4n) is 1.99. The lowest BCUT2D eigenvalue weighted by Gasteiger charge is -2.28. The molecule has 66 valence electrons. The van der Waals surface area contributed by atoms with Gasteiger partial charge in [-0.3, -0.25) is 4.79 Å². The van der Waals surface area contributed by atoms with Crippen LogP contribution in [0.1, 0.15) is 33.1 Å². The molecule has 0 unspecified atom stereocenters. The van der Waals surface area contributed by atoms with Crippen molar-refractivity contribution in [2.45, 2.75) is 33.1 Å². The molecule has 2 nitrogen and oxygen atoms in total. The molecule has 0 radical (unpaired) electrons. The minimum Gasteiger partial charge on any atom is -0.497 e. The number of ether oxygens (including phenoxy) is 1. The van der Waals surface area contributed by atoms with Gasteiger partial charge in [0.25, 0.3) is 0 Å². The standard InChI is InChI=1S/C10H14O2/c1-10(2)5-8(11)7-3-4-12-9(7)6-10/h3-6H2,1-2H3. The third kappa shape index (κ3) is 1.15. The summed E-state index contributed by atoms with van der Waals surface area (Å²) < 4.78 is 5.42. The summed E-state index contributed by atoms with van der Waals surface area (Å²) in [6.07, 6.45) is 2.47. The summed E-state index contributed by atoms with van der Waals surface area (Å²) >= 11 is 0. The number of allylic oxidation sites excluding steroid dienone is 1. The number of carbonyl (C=O) groups excluding carboxylic acids is 1. The zero-order valence-electron chi connectivity index (χ0n) is 7.64. The molecule has 0 amide bonds. The summed E-state index contributed by atoms with van der Waals surface area (Å²) in [4.78, 5) is 11.6. The van der Waals surface area contributed by atoms with Gasteiger partial charge in [0.2, 0.25) is 0 Å². The van der Waals surface area contributed by atoms with Crippen LogP contribution < -0.4 is 0 Å². The molecule has 2 heteroatoms. The van der Waals surface area contributed by atoms with Gasteiger partial charge in [-0.2, -0.15) is 0 Å². The normalized spacial score (nSPS) is 27.0. The summed E-state index contributed by atoms with van der Waals surface area (Å²) in [5.41, 5.74) is 1.08. The quantitative estimate of drug-likeness (QED) is 0.550. The Labute approximate surface area is 72.6 Å². The van der Waals surface area contributed by atoms with E-state index in [2.05, 4.69) is 13.8 Å². The predicted octanol–water partition coefficient (Wildman–Crippen LogP) is 2.05.